The molecule has 0 radical (unpaired) electrons. The van der Waals surface area contributed by atoms with Crippen LogP contribution < -0.4 is 10.6 Å². The normalized spacial score (nSPS) is 10.2. The lowest BCUT2D eigenvalue weighted by molar-refractivity contribution is 0.0956. The zero-order valence-electron chi connectivity index (χ0n) is 11.2. The Balaban J connectivity index is 2.03. The van der Waals surface area contributed by atoms with Crippen LogP contribution in [0.1, 0.15) is 27.7 Å². The third kappa shape index (κ3) is 3.58. The molecule has 0 bridgehead atoms. The average molecular weight is 274 g/mol. The number of thiophene rings is 1. The van der Waals surface area contributed by atoms with Crippen molar-refractivity contribution in [1.82, 2.24) is 5.32 Å². The Labute approximate surface area is 117 Å². The second-order valence-electron chi connectivity index (χ2n) is 4.32. The molecule has 2 aromatic rings. The summed E-state index contributed by atoms with van der Waals surface area (Å²) in [5.41, 5.74) is 2.96. The molecule has 0 aliphatic carbocycles. The van der Waals surface area contributed by atoms with Crippen molar-refractivity contribution in [3.8, 4) is 0 Å². The minimum atomic E-state index is -0.0292. The van der Waals surface area contributed by atoms with Crippen LogP contribution in [0.2, 0.25) is 0 Å². The lowest BCUT2D eigenvalue weighted by atomic mass is 10.2. The summed E-state index contributed by atoms with van der Waals surface area (Å²) in [6, 6.07) is 9.70. The van der Waals surface area contributed by atoms with Crippen LogP contribution in [0.4, 0.5) is 5.69 Å². The molecule has 3 nitrogen and oxygen atoms in total. The van der Waals surface area contributed by atoms with Crippen molar-refractivity contribution in [2.75, 3.05) is 11.9 Å². The third-order valence-corrected chi connectivity index (χ3v) is 3.91. The number of hydrogen-bond acceptors (Lipinski definition) is 3. The summed E-state index contributed by atoms with van der Waals surface area (Å²) in [4.78, 5) is 13.1. The van der Waals surface area contributed by atoms with Crippen molar-refractivity contribution in [3.63, 3.8) is 0 Å². The van der Waals surface area contributed by atoms with Crippen molar-refractivity contribution in [2.24, 2.45) is 0 Å². The zero-order valence-corrected chi connectivity index (χ0v) is 12.0. The van der Waals surface area contributed by atoms with Crippen LogP contribution in [0.25, 0.3) is 0 Å². The summed E-state index contributed by atoms with van der Waals surface area (Å²) in [6.45, 7) is 5.46. The number of aryl methyl sites for hydroxylation is 1. The highest BCUT2D eigenvalue weighted by Gasteiger charge is 2.05. The van der Waals surface area contributed by atoms with Gasteiger partial charge in [0.05, 0.1) is 0 Å². The first kappa shape index (κ1) is 13.6. The fourth-order valence-corrected chi connectivity index (χ4v) is 2.65. The lowest BCUT2D eigenvalue weighted by Crippen LogP contribution is -2.22. The standard InChI is InChI=1S/C15H18N2OS/c1-3-16-15(18)12-5-4-6-13(9-12)17-10-14-11(2)7-8-19-14/h4-9,17H,3,10H2,1-2H3,(H,16,18). The monoisotopic (exact) mass is 274 g/mol. The van der Waals surface area contributed by atoms with E-state index in [2.05, 4.69) is 29.0 Å². The van der Waals surface area contributed by atoms with Crippen molar-refractivity contribution < 1.29 is 4.79 Å². The van der Waals surface area contributed by atoms with Gasteiger partial charge in [0.1, 0.15) is 0 Å². The number of rotatable bonds is 5. The van der Waals surface area contributed by atoms with Gasteiger partial charge in [-0.3, -0.25) is 4.79 Å². The minimum absolute atomic E-state index is 0.0292. The van der Waals surface area contributed by atoms with Gasteiger partial charge in [0.15, 0.2) is 0 Å². The Morgan fingerprint density at radius 3 is 2.84 bits per heavy atom. The van der Waals surface area contributed by atoms with Crippen molar-refractivity contribution in [3.05, 3.63) is 51.7 Å². The molecule has 19 heavy (non-hydrogen) atoms. The number of hydrogen-bond donors (Lipinski definition) is 2. The van der Waals surface area contributed by atoms with Gasteiger partial charge in [0.2, 0.25) is 0 Å². The summed E-state index contributed by atoms with van der Waals surface area (Å²) >= 11 is 1.75. The van der Waals surface area contributed by atoms with Gasteiger partial charge in [-0.2, -0.15) is 0 Å². The van der Waals surface area contributed by atoms with Crippen LogP contribution in [0.15, 0.2) is 35.7 Å². The summed E-state index contributed by atoms with van der Waals surface area (Å²) in [7, 11) is 0. The van der Waals surface area contributed by atoms with Crippen LogP contribution in [0.3, 0.4) is 0 Å². The Kier molecular flexibility index (Phi) is 4.58. The molecule has 0 fully saturated rings. The second kappa shape index (κ2) is 6.38. The van der Waals surface area contributed by atoms with Crippen molar-refractivity contribution >= 4 is 22.9 Å². The van der Waals surface area contributed by atoms with Gasteiger partial charge < -0.3 is 10.6 Å². The largest absolute Gasteiger partial charge is 0.380 e. The molecule has 1 amide bonds. The lowest BCUT2D eigenvalue weighted by Gasteiger charge is -2.08. The molecule has 100 valence electrons. The molecule has 2 N–H and O–H groups in total. The van der Waals surface area contributed by atoms with Crippen molar-refractivity contribution in [2.45, 2.75) is 20.4 Å². The highest BCUT2D eigenvalue weighted by molar-refractivity contribution is 7.10. The maximum Gasteiger partial charge on any atom is 0.251 e. The van der Waals surface area contributed by atoms with Crippen LogP contribution in [-0.4, -0.2) is 12.5 Å². The maximum atomic E-state index is 11.7. The number of nitrogens with one attached hydrogen (secondary N) is 2. The van der Waals surface area contributed by atoms with E-state index in [1.165, 1.54) is 10.4 Å². The molecule has 0 saturated carbocycles. The SMILES string of the molecule is CCNC(=O)c1cccc(NCc2sccc2C)c1. The number of amides is 1. The molecule has 1 aromatic carbocycles. The van der Waals surface area contributed by atoms with Gasteiger partial charge in [0, 0.05) is 29.2 Å². The molecule has 1 heterocycles. The van der Waals surface area contributed by atoms with E-state index in [9.17, 15) is 4.79 Å². The first-order valence-corrected chi connectivity index (χ1v) is 7.23. The third-order valence-electron chi connectivity index (χ3n) is 2.88. The molecule has 0 spiro atoms. The molecule has 1 aromatic heterocycles. The smallest absolute Gasteiger partial charge is 0.251 e. The maximum absolute atomic E-state index is 11.7. The molecule has 2 rings (SSSR count). The summed E-state index contributed by atoms with van der Waals surface area (Å²) in [5.74, 6) is -0.0292. The zero-order chi connectivity index (χ0) is 13.7. The van der Waals surface area contributed by atoms with E-state index < -0.39 is 0 Å². The van der Waals surface area contributed by atoms with E-state index >= 15 is 0 Å². The predicted molar refractivity (Wildman–Crippen MR) is 80.8 cm³/mol. The topological polar surface area (TPSA) is 41.1 Å². The van der Waals surface area contributed by atoms with Gasteiger partial charge in [-0.15, -0.1) is 11.3 Å². The molecule has 0 aliphatic rings. The van der Waals surface area contributed by atoms with E-state index in [1.807, 2.05) is 31.2 Å². The second-order valence-corrected chi connectivity index (χ2v) is 5.32. The van der Waals surface area contributed by atoms with Crippen LogP contribution in [-0.2, 0) is 6.54 Å². The minimum Gasteiger partial charge on any atom is -0.380 e. The average Bonchev–Trinajstić information content (AvgIpc) is 2.82. The van der Waals surface area contributed by atoms with E-state index in [-0.39, 0.29) is 5.91 Å². The number of anilines is 1. The van der Waals surface area contributed by atoms with Gasteiger partial charge >= 0.3 is 0 Å². The van der Waals surface area contributed by atoms with Gasteiger partial charge in [0.25, 0.3) is 5.91 Å². The predicted octanol–water partition coefficient (Wildman–Crippen LogP) is 3.42. The molecule has 0 saturated heterocycles. The van der Waals surface area contributed by atoms with Crippen molar-refractivity contribution in [1.29, 1.82) is 0 Å². The molecule has 0 unspecified atom stereocenters. The molecular formula is C15H18N2OS. The Morgan fingerprint density at radius 1 is 1.32 bits per heavy atom. The van der Waals surface area contributed by atoms with E-state index in [4.69, 9.17) is 0 Å². The first-order chi connectivity index (χ1) is 9.20. The van der Waals surface area contributed by atoms with Crippen LogP contribution in [0.5, 0.6) is 0 Å². The quantitative estimate of drug-likeness (QED) is 0.877. The Hall–Kier alpha value is -1.81. The summed E-state index contributed by atoms with van der Waals surface area (Å²) in [6.07, 6.45) is 0. The Morgan fingerprint density at radius 2 is 2.16 bits per heavy atom. The number of benzene rings is 1. The molecule has 0 aliphatic heterocycles. The Bertz CT molecular complexity index is 563. The van der Waals surface area contributed by atoms with E-state index in [0.717, 1.165) is 12.2 Å². The van der Waals surface area contributed by atoms with Gasteiger partial charge in [-0.1, -0.05) is 6.07 Å². The van der Waals surface area contributed by atoms with Gasteiger partial charge in [-0.05, 0) is 49.1 Å². The summed E-state index contributed by atoms with van der Waals surface area (Å²) < 4.78 is 0. The van der Waals surface area contributed by atoms with E-state index in [0.29, 0.717) is 12.1 Å². The molecule has 4 heteroatoms. The fourth-order valence-electron chi connectivity index (χ4n) is 1.80. The highest BCUT2D eigenvalue weighted by atomic mass is 32.1. The fraction of sp³-hybridized carbons (Fsp3) is 0.267. The van der Waals surface area contributed by atoms with Crippen LogP contribution in [0, 0.1) is 6.92 Å². The first-order valence-electron chi connectivity index (χ1n) is 6.36. The van der Waals surface area contributed by atoms with E-state index in [1.54, 1.807) is 11.3 Å². The number of carbonyl (C=O) groups is 1. The summed E-state index contributed by atoms with van der Waals surface area (Å²) in [5, 5.41) is 8.25. The number of carbonyl (C=O) groups excluding carboxylic acids is 1. The van der Waals surface area contributed by atoms with Crippen LogP contribution >= 0.6 is 11.3 Å². The molecular weight excluding hydrogens is 256 g/mol. The van der Waals surface area contributed by atoms with Gasteiger partial charge in [-0.25, -0.2) is 0 Å². The highest BCUT2D eigenvalue weighted by Crippen LogP contribution is 2.18. The molecule has 0 atom stereocenters.